The van der Waals surface area contributed by atoms with E-state index in [0.29, 0.717) is 17.1 Å². The summed E-state index contributed by atoms with van der Waals surface area (Å²) < 4.78 is 11.9. The number of rotatable bonds is 4. The summed E-state index contributed by atoms with van der Waals surface area (Å²) in [6, 6.07) is 17.3. The van der Waals surface area contributed by atoms with Crippen molar-refractivity contribution in [2.75, 3.05) is 32.7 Å². The summed E-state index contributed by atoms with van der Waals surface area (Å²) in [6.45, 7) is 3.15. The Kier molecular flexibility index (Phi) is 6.00. The topological polar surface area (TPSA) is 75.3 Å². The molecule has 0 saturated carbocycles. The molecule has 32 heavy (non-hydrogen) atoms. The second kappa shape index (κ2) is 8.73. The van der Waals surface area contributed by atoms with Gasteiger partial charge in [-0.05, 0) is 49.1 Å². The molecule has 0 amide bonds. The monoisotopic (exact) mass is 448 g/mol. The van der Waals surface area contributed by atoms with Crippen LogP contribution in [0, 0.1) is 0 Å². The van der Waals surface area contributed by atoms with E-state index in [2.05, 4.69) is 4.99 Å². The van der Waals surface area contributed by atoms with Gasteiger partial charge < -0.3 is 18.9 Å². The number of hydrogen-bond acceptors (Lipinski definition) is 6. The first-order valence-electron chi connectivity index (χ1n) is 10.1. The van der Waals surface area contributed by atoms with Crippen molar-refractivity contribution in [2.24, 2.45) is 4.99 Å². The van der Waals surface area contributed by atoms with Crippen LogP contribution in [0.5, 0.6) is 5.75 Å². The van der Waals surface area contributed by atoms with Gasteiger partial charge in [0.2, 0.25) is 0 Å². The Balaban J connectivity index is 2.15. The third-order valence-corrected chi connectivity index (χ3v) is 6.35. The molecule has 2 aliphatic rings. The fourth-order valence-electron chi connectivity index (χ4n) is 3.73. The number of carbonyl (C=O) groups is 1. The number of fused-ring (bicyclic) bond motifs is 2. The summed E-state index contributed by atoms with van der Waals surface area (Å²) in [4.78, 5) is 28.4. The van der Waals surface area contributed by atoms with Crippen molar-refractivity contribution in [3.63, 3.8) is 0 Å². The largest absolute Gasteiger partial charge is 0.456 e. The van der Waals surface area contributed by atoms with Gasteiger partial charge in [-0.2, -0.15) is 0 Å². The first kappa shape index (κ1) is 22.0. The van der Waals surface area contributed by atoms with Crippen LogP contribution < -0.4 is 20.3 Å². The van der Waals surface area contributed by atoms with Crippen molar-refractivity contribution < 1.29 is 18.8 Å². The summed E-state index contributed by atoms with van der Waals surface area (Å²) in [6.07, 6.45) is 0. The number of ether oxygens (including phenoxy) is 1. The van der Waals surface area contributed by atoms with Crippen molar-refractivity contribution >= 4 is 36.1 Å². The zero-order valence-corrected chi connectivity index (χ0v) is 19.6. The molecule has 2 aromatic carbocycles. The summed E-state index contributed by atoms with van der Waals surface area (Å²) in [5, 5.41) is 2.48. The minimum absolute atomic E-state index is 0.405. The van der Waals surface area contributed by atoms with E-state index >= 15 is 0 Å². The van der Waals surface area contributed by atoms with Crippen LogP contribution in [0.3, 0.4) is 0 Å². The first-order valence-corrected chi connectivity index (χ1v) is 11.9. The van der Waals surface area contributed by atoms with Crippen LogP contribution in [-0.4, -0.2) is 38.7 Å². The lowest BCUT2D eigenvalue weighted by molar-refractivity contribution is -0.131. The highest BCUT2D eigenvalue weighted by Gasteiger charge is 2.22. The molecule has 1 N–H and O–H groups in total. The Morgan fingerprint density at radius 2 is 1.84 bits per heavy atom. The quantitative estimate of drug-likeness (QED) is 0.217. The number of benzene rings is 3. The lowest BCUT2D eigenvalue weighted by atomic mass is 9.93. The molecular weight excluding hydrogens is 423 g/mol. The minimum atomic E-state index is -1.33. The highest BCUT2D eigenvalue weighted by molar-refractivity contribution is 7.59. The van der Waals surface area contributed by atoms with E-state index in [4.69, 9.17) is 9.15 Å². The van der Waals surface area contributed by atoms with Crippen LogP contribution >= 0.6 is 8.15 Å². The van der Waals surface area contributed by atoms with Crippen LogP contribution in [0.1, 0.15) is 6.92 Å². The molecule has 2 aromatic rings. The standard InChI is InChI=1S/C25H25N2O4P/c1-15(28)30-22-11-8-18(32(5)29)14-21(22)25-19-9-6-16(26-2)12-23(19)31-24-13-17(27(3)4)7-10-20(24)25/h6-14,29H,1-5H3. The second-order valence-electron chi connectivity index (χ2n) is 7.75. The summed E-state index contributed by atoms with van der Waals surface area (Å²) >= 11 is 0. The van der Waals surface area contributed by atoms with E-state index in [1.807, 2.05) is 61.5 Å². The molecule has 164 valence electrons. The summed E-state index contributed by atoms with van der Waals surface area (Å²) in [5.74, 6) is 0.708. The van der Waals surface area contributed by atoms with Gasteiger partial charge in [0.15, 0.2) is 0 Å². The molecule has 4 rings (SSSR count). The Labute approximate surface area is 188 Å². The van der Waals surface area contributed by atoms with E-state index in [0.717, 1.165) is 38.4 Å². The zero-order chi connectivity index (χ0) is 23.0. The molecule has 1 aliphatic heterocycles. The lowest BCUT2D eigenvalue weighted by Gasteiger charge is -2.20. The van der Waals surface area contributed by atoms with Crippen molar-refractivity contribution in [1.82, 2.24) is 0 Å². The van der Waals surface area contributed by atoms with Crippen molar-refractivity contribution in [2.45, 2.75) is 6.92 Å². The highest BCUT2D eigenvalue weighted by Crippen LogP contribution is 2.44. The molecule has 0 radical (unpaired) electrons. The van der Waals surface area contributed by atoms with Gasteiger partial charge in [-0.25, -0.2) is 0 Å². The zero-order valence-electron chi connectivity index (χ0n) is 18.7. The maximum Gasteiger partial charge on any atom is 0.308 e. The van der Waals surface area contributed by atoms with Crippen molar-refractivity contribution in [1.29, 1.82) is 0 Å². The van der Waals surface area contributed by atoms with E-state index in [1.54, 1.807) is 25.8 Å². The van der Waals surface area contributed by atoms with Crippen LogP contribution in [-0.2, 0) is 4.79 Å². The molecule has 1 atom stereocenters. The van der Waals surface area contributed by atoms with Gasteiger partial charge >= 0.3 is 5.97 Å². The molecule has 0 fully saturated rings. The fourth-order valence-corrected chi connectivity index (χ4v) is 4.34. The van der Waals surface area contributed by atoms with E-state index < -0.39 is 14.1 Å². The predicted molar refractivity (Wildman–Crippen MR) is 130 cm³/mol. The second-order valence-corrected chi connectivity index (χ2v) is 9.32. The van der Waals surface area contributed by atoms with Crippen LogP contribution in [0.25, 0.3) is 33.4 Å². The fraction of sp³-hybridized carbons (Fsp3) is 0.200. The van der Waals surface area contributed by atoms with Gasteiger partial charge in [0.05, 0.1) is 13.5 Å². The molecule has 1 aliphatic carbocycles. The molecule has 1 heterocycles. The first-order chi connectivity index (χ1) is 15.3. The van der Waals surface area contributed by atoms with Gasteiger partial charge in [-0.1, -0.05) is 0 Å². The van der Waals surface area contributed by atoms with Crippen LogP contribution in [0.4, 0.5) is 5.69 Å². The molecular formula is C25H25N2O4P. The molecule has 0 bridgehead atoms. The van der Waals surface area contributed by atoms with Crippen molar-refractivity contribution in [3.8, 4) is 28.2 Å². The Morgan fingerprint density at radius 3 is 2.50 bits per heavy atom. The van der Waals surface area contributed by atoms with Gasteiger partial charge in [0.25, 0.3) is 0 Å². The number of hydrogen-bond donors (Lipinski definition) is 1. The maximum atomic E-state index is 11.8. The molecule has 0 saturated heterocycles. The predicted octanol–water partition coefficient (Wildman–Crippen LogP) is 4.37. The van der Waals surface area contributed by atoms with Crippen molar-refractivity contribution in [3.05, 3.63) is 60.0 Å². The third-order valence-electron chi connectivity index (χ3n) is 5.32. The number of anilines is 1. The number of carbonyl (C=O) groups excluding carboxylic acids is 1. The Bertz CT molecular complexity index is 1360. The van der Waals surface area contributed by atoms with E-state index in [1.165, 1.54) is 6.92 Å². The third kappa shape index (κ3) is 4.12. The van der Waals surface area contributed by atoms with E-state index in [-0.39, 0.29) is 0 Å². The molecule has 0 aromatic heterocycles. The average molecular weight is 448 g/mol. The molecule has 1 unspecified atom stereocenters. The summed E-state index contributed by atoms with van der Waals surface area (Å²) in [7, 11) is 4.36. The maximum absolute atomic E-state index is 11.8. The van der Waals surface area contributed by atoms with Gasteiger partial charge in [-0.15, -0.1) is 0 Å². The number of esters is 1. The Hall–Kier alpha value is -3.21. The normalized spacial score (nSPS) is 12.9. The smallest absolute Gasteiger partial charge is 0.308 e. The molecule has 7 heteroatoms. The lowest BCUT2D eigenvalue weighted by Crippen LogP contribution is -2.09. The summed E-state index contributed by atoms with van der Waals surface area (Å²) in [5.41, 5.74) is 4.18. The number of nitrogens with zero attached hydrogens (tertiary/aromatic N) is 2. The van der Waals surface area contributed by atoms with Crippen LogP contribution in [0.2, 0.25) is 0 Å². The molecule has 0 spiro atoms. The molecule has 6 nitrogen and oxygen atoms in total. The highest BCUT2D eigenvalue weighted by atomic mass is 31.1. The minimum Gasteiger partial charge on any atom is -0.456 e. The van der Waals surface area contributed by atoms with E-state index in [9.17, 15) is 9.69 Å². The SMILES string of the molecule is CN=c1ccc2c(-c3cc(P(C)O)ccc3OC(C)=O)c3ccc(N(C)C)cc3oc-2c1. The van der Waals surface area contributed by atoms with Gasteiger partial charge in [0.1, 0.15) is 17.1 Å². The Morgan fingerprint density at radius 1 is 1.06 bits per heavy atom. The van der Waals surface area contributed by atoms with Gasteiger partial charge in [-0.3, -0.25) is 9.79 Å². The van der Waals surface area contributed by atoms with Crippen LogP contribution in [0.15, 0.2) is 64.0 Å². The average Bonchev–Trinajstić information content (AvgIpc) is 2.76. The van der Waals surface area contributed by atoms with Gasteiger partial charge in [0, 0.05) is 73.3 Å².